The lowest BCUT2D eigenvalue weighted by Crippen LogP contribution is -2.28. The van der Waals surface area contributed by atoms with Crippen LogP contribution in [0.3, 0.4) is 0 Å². The van der Waals surface area contributed by atoms with Crippen LogP contribution in [0.2, 0.25) is 0 Å². The van der Waals surface area contributed by atoms with Crippen molar-refractivity contribution in [3.8, 4) is 0 Å². The van der Waals surface area contributed by atoms with Gasteiger partial charge in [-0.1, -0.05) is 18.2 Å². The number of fused-ring (bicyclic) bond motifs is 1. The van der Waals surface area contributed by atoms with Gasteiger partial charge in [0.25, 0.3) is 5.91 Å². The van der Waals surface area contributed by atoms with Crippen molar-refractivity contribution in [3.05, 3.63) is 63.6 Å². The fourth-order valence-electron chi connectivity index (χ4n) is 2.72. The summed E-state index contributed by atoms with van der Waals surface area (Å²) in [5.74, 6) is 0.352. The van der Waals surface area contributed by atoms with Crippen LogP contribution in [0.1, 0.15) is 34.2 Å². The van der Waals surface area contributed by atoms with Gasteiger partial charge in [-0.3, -0.25) is 14.9 Å². The lowest BCUT2D eigenvalue weighted by atomic mass is 10.2. The highest BCUT2D eigenvalue weighted by molar-refractivity contribution is 7.14. The van der Waals surface area contributed by atoms with E-state index in [1.807, 2.05) is 42.6 Å². The summed E-state index contributed by atoms with van der Waals surface area (Å²) in [5, 5.41) is 9.77. The number of nitrogens with zero attached hydrogens (tertiary/aromatic N) is 2. The molecule has 0 spiro atoms. The molecule has 0 aliphatic carbocycles. The molecule has 3 heterocycles. The van der Waals surface area contributed by atoms with Crippen LogP contribution in [0.15, 0.2) is 47.2 Å². The lowest BCUT2D eigenvalue weighted by Gasteiger charge is -2.10. The molecule has 4 rings (SSSR count). The molecule has 0 saturated carbocycles. The Morgan fingerprint density at radius 2 is 2.00 bits per heavy atom. The summed E-state index contributed by atoms with van der Waals surface area (Å²) in [7, 11) is 0. The minimum absolute atomic E-state index is 0.135. The van der Waals surface area contributed by atoms with Gasteiger partial charge in [0.2, 0.25) is 5.91 Å². The second-order valence-corrected chi connectivity index (χ2v) is 7.99. The van der Waals surface area contributed by atoms with Gasteiger partial charge in [0.1, 0.15) is 5.82 Å². The average Bonchev–Trinajstić information content (AvgIpc) is 3.42. The highest BCUT2D eigenvalue weighted by Gasteiger charge is 2.16. The van der Waals surface area contributed by atoms with E-state index >= 15 is 0 Å². The molecular weight excluding hydrogens is 394 g/mol. The van der Waals surface area contributed by atoms with E-state index in [0.29, 0.717) is 21.5 Å². The normalized spacial score (nSPS) is 12.0. The van der Waals surface area contributed by atoms with Crippen molar-refractivity contribution in [1.29, 1.82) is 0 Å². The largest absolute Gasteiger partial charge is 0.346 e. The van der Waals surface area contributed by atoms with Gasteiger partial charge in [0.05, 0.1) is 34.1 Å². The van der Waals surface area contributed by atoms with Gasteiger partial charge in [0, 0.05) is 5.38 Å². The fraction of sp³-hybridized carbons (Fsp3) is 0.158. The van der Waals surface area contributed by atoms with Gasteiger partial charge in [-0.15, -0.1) is 22.7 Å². The Bertz CT molecular complexity index is 1080. The molecule has 0 aliphatic heterocycles. The van der Waals surface area contributed by atoms with Crippen molar-refractivity contribution >= 4 is 50.7 Å². The molecule has 1 atom stereocenters. The number of anilines is 1. The van der Waals surface area contributed by atoms with Crippen molar-refractivity contribution in [2.45, 2.75) is 19.4 Å². The Labute approximate surface area is 168 Å². The number of para-hydroxylation sites is 2. The van der Waals surface area contributed by atoms with Crippen LogP contribution >= 0.6 is 22.7 Å². The molecule has 0 bridgehead atoms. The van der Waals surface area contributed by atoms with Crippen LogP contribution in [0, 0.1) is 0 Å². The topological polar surface area (TPSA) is 99.8 Å². The number of thiazole rings is 1. The second kappa shape index (κ2) is 7.91. The molecule has 7 nitrogen and oxygen atoms in total. The third-order valence-electron chi connectivity index (χ3n) is 4.05. The molecule has 2 amide bonds. The first-order valence-electron chi connectivity index (χ1n) is 8.62. The quantitative estimate of drug-likeness (QED) is 0.450. The van der Waals surface area contributed by atoms with Crippen molar-refractivity contribution < 1.29 is 9.59 Å². The zero-order valence-electron chi connectivity index (χ0n) is 14.9. The Hall–Kier alpha value is -3.04. The summed E-state index contributed by atoms with van der Waals surface area (Å²) in [4.78, 5) is 37.1. The Kier molecular flexibility index (Phi) is 5.18. The average molecular weight is 412 g/mol. The summed E-state index contributed by atoms with van der Waals surface area (Å²) >= 11 is 2.66. The first-order chi connectivity index (χ1) is 13.6. The summed E-state index contributed by atoms with van der Waals surface area (Å²) in [6.07, 6.45) is 0.135. The smallest absolute Gasteiger partial charge is 0.267 e. The number of hydrogen-bond acceptors (Lipinski definition) is 6. The number of carbonyl (C=O) groups is 2. The van der Waals surface area contributed by atoms with Gasteiger partial charge in [-0.25, -0.2) is 9.97 Å². The maximum absolute atomic E-state index is 12.4. The summed E-state index contributed by atoms with van der Waals surface area (Å²) in [5.41, 5.74) is 2.41. The van der Waals surface area contributed by atoms with E-state index in [9.17, 15) is 9.59 Å². The van der Waals surface area contributed by atoms with Gasteiger partial charge in [-0.2, -0.15) is 0 Å². The molecule has 3 aromatic heterocycles. The number of hydrogen-bond donors (Lipinski definition) is 3. The van der Waals surface area contributed by atoms with E-state index in [1.165, 1.54) is 22.7 Å². The zero-order chi connectivity index (χ0) is 19.5. The number of thiophene rings is 1. The van der Waals surface area contributed by atoms with Crippen LogP contribution in [0.25, 0.3) is 11.0 Å². The number of aromatic amines is 1. The Morgan fingerprint density at radius 1 is 1.14 bits per heavy atom. The minimum Gasteiger partial charge on any atom is -0.346 e. The van der Waals surface area contributed by atoms with E-state index in [2.05, 4.69) is 25.6 Å². The standard InChI is InChI=1S/C19H17N5O2S2/c1-11(17-22-13-5-2-3-6-14(13)23-17)20-16(25)9-12-10-28-19(21-12)24-18(26)15-7-4-8-27-15/h2-8,10-11H,9H2,1H3,(H,20,25)(H,22,23)(H,21,24,26). The van der Waals surface area contributed by atoms with E-state index < -0.39 is 0 Å². The SMILES string of the molecule is CC(NC(=O)Cc1csc(NC(=O)c2cccs2)n1)c1nc2ccccc2[nH]1. The van der Waals surface area contributed by atoms with Gasteiger partial charge in [0.15, 0.2) is 5.13 Å². The van der Waals surface area contributed by atoms with E-state index in [4.69, 9.17) is 0 Å². The molecule has 1 unspecified atom stereocenters. The van der Waals surface area contributed by atoms with Crippen molar-refractivity contribution in [2.75, 3.05) is 5.32 Å². The van der Waals surface area contributed by atoms with E-state index in [-0.39, 0.29) is 24.3 Å². The maximum atomic E-state index is 12.4. The first-order valence-corrected chi connectivity index (χ1v) is 10.4. The van der Waals surface area contributed by atoms with Crippen LogP contribution in [0.5, 0.6) is 0 Å². The Balaban J connectivity index is 1.34. The molecule has 4 aromatic rings. The second-order valence-electron chi connectivity index (χ2n) is 6.18. The first kappa shape index (κ1) is 18.3. The monoisotopic (exact) mass is 411 g/mol. The predicted octanol–water partition coefficient (Wildman–Crippen LogP) is 3.75. The molecule has 142 valence electrons. The Morgan fingerprint density at radius 3 is 2.79 bits per heavy atom. The zero-order valence-corrected chi connectivity index (χ0v) is 16.6. The molecule has 9 heteroatoms. The summed E-state index contributed by atoms with van der Waals surface area (Å²) < 4.78 is 0. The number of imidazole rings is 1. The third kappa shape index (κ3) is 4.10. The van der Waals surface area contributed by atoms with Crippen LogP contribution in [-0.2, 0) is 11.2 Å². The van der Waals surface area contributed by atoms with Crippen molar-refractivity contribution in [1.82, 2.24) is 20.3 Å². The third-order valence-corrected chi connectivity index (χ3v) is 5.73. The van der Waals surface area contributed by atoms with Crippen molar-refractivity contribution in [2.24, 2.45) is 0 Å². The highest BCUT2D eigenvalue weighted by Crippen LogP contribution is 2.19. The molecule has 28 heavy (non-hydrogen) atoms. The number of H-pyrrole nitrogens is 1. The van der Waals surface area contributed by atoms with Gasteiger partial charge < -0.3 is 10.3 Å². The molecule has 0 fully saturated rings. The molecule has 3 N–H and O–H groups in total. The maximum Gasteiger partial charge on any atom is 0.267 e. The molecular formula is C19H17N5O2S2. The number of aromatic nitrogens is 3. The van der Waals surface area contributed by atoms with Crippen LogP contribution in [0.4, 0.5) is 5.13 Å². The van der Waals surface area contributed by atoms with Crippen LogP contribution in [-0.4, -0.2) is 26.8 Å². The fourth-order valence-corrected chi connectivity index (χ4v) is 4.04. The minimum atomic E-state index is -0.253. The number of nitrogens with one attached hydrogen (secondary N) is 3. The number of benzene rings is 1. The number of rotatable bonds is 6. The van der Waals surface area contributed by atoms with Gasteiger partial charge in [-0.05, 0) is 30.5 Å². The summed E-state index contributed by atoms with van der Waals surface area (Å²) in [6, 6.07) is 11.0. The summed E-state index contributed by atoms with van der Waals surface area (Å²) in [6.45, 7) is 1.88. The molecule has 1 aromatic carbocycles. The molecule has 0 aliphatic rings. The van der Waals surface area contributed by atoms with E-state index in [1.54, 1.807) is 11.4 Å². The molecule has 0 radical (unpaired) electrons. The lowest BCUT2D eigenvalue weighted by molar-refractivity contribution is -0.121. The highest BCUT2D eigenvalue weighted by atomic mass is 32.1. The number of amides is 2. The van der Waals surface area contributed by atoms with E-state index in [0.717, 1.165) is 11.0 Å². The molecule has 0 saturated heterocycles. The number of carbonyl (C=O) groups excluding carboxylic acids is 2. The van der Waals surface area contributed by atoms with Gasteiger partial charge >= 0.3 is 0 Å². The van der Waals surface area contributed by atoms with Crippen LogP contribution < -0.4 is 10.6 Å². The predicted molar refractivity (Wildman–Crippen MR) is 111 cm³/mol. The van der Waals surface area contributed by atoms with Crippen molar-refractivity contribution in [3.63, 3.8) is 0 Å².